The summed E-state index contributed by atoms with van der Waals surface area (Å²) in [5.74, 6) is 1.00. The lowest BCUT2D eigenvalue weighted by Gasteiger charge is -2.37. The van der Waals surface area contributed by atoms with E-state index in [2.05, 4.69) is 16.8 Å². The van der Waals surface area contributed by atoms with Crippen LogP contribution in [0.5, 0.6) is 0 Å². The van der Waals surface area contributed by atoms with Gasteiger partial charge in [0.1, 0.15) is 12.1 Å². The number of nitrogens with two attached hydrogens (primary N) is 1. The van der Waals surface area contributed by atoms with Gasteiger partial charge in [-0.2, -0.15) is 0 Å². The summed E-state index contributed by atoms with van der Waals surface area (Å²) in [6.07, 6.45) is 4.02. The fraction of sp³-hybridized carbons (Fsp3) is 0.471. The van der Waals surface area contributed by atoms with Crippen molar-refractivity contribution in [1.29, 1.82) is 0 Å². The molecule has 1 saturated heterocycles. The van der Waals surface area contributed by atoms with Crippen LogP contribution in [0.1, 0.15) is 25.5 Å². The van der Waals surface area contributed by atoms with Crippen molar-refractivity contribution in [1.82, 2.24) is 9.88 Å². The summed E-state index contributed by atoms with van der Waals surface area (Å²) in [6.45, 7) is 4.75. The summed E-state index contributed by atoms with van der Waals surface area (Å²) in [4.78, 5) is 6.90. The van der Waals surface area contributed by atoms with Crippen molar-refractivity contribution in [3.8, 4) is 11.5 Å². The summed E-state index contributed by atoms with van der Waals surface area (Å²) in [6, 6.07) is 6.59. The molecule has 0 saturated carbocycles. The number of piperidine rings is 1. The summed E-state index contributed by atoms with van der Waals surface area (Å²) >= 11 is 0. The fourth-order valence-corrected chi connectivity index (χ4v) is 3.07. The maximum Gasteiger partial charge on any atom is 0.226 e. The highest BCUT2D eigenvalue weighted by atomic mass is 35.5. The molecule has 3 rings (SSSR count). The number of nitrogens with zero attached hydrogens (tertiary/aromatic N) is 2. The lowest BCUT2D eigenvalue weighted by molar-refractivity contribution is 0.114. The molecule has 23 heavy (non-hydrogen) atoms. The van der Waals surface area contributed by atoms with Crippen LogP contribution >= 0.6 is 12.4 Å². The van der Waals surface area contributed by atoms with Crippen molar-refractivity contribution in [2.24, 2.45) is 11.7 Å². The minimum Gasteiger partial charge on any atom is -0.444 e. The minimum atomic E-state index is -0.260. The Morgan fingerprint density at radius 2 is 2.09 bits per heavy atom. The second-order valence-electron chi connectivity index (χ2n) is 6.14. The third-order valence-electron chi connectivity index (χ3n) is 4.38. The van der Waals surface area contributed by atoms with Gasteiger partial charge in [0.05, 0.1) is 5.69 Å². The maximum atomic E-state index is 13.0. The smallest absolute Gasteiger partial charge is 0.226 e. The summed E-state index contributed by atoms with van der Waals surface area (Å²) in [7, 11) is 0. The molecule has 1 aliphatic heterocycles. The molecule has 2 atom stereocenters. The maximum absolute atomic E-state index is 13.0. The SMILES string of the molecule is CC1CCN(Cc2coc(-c3ccc(F)cc3)n2)C(CN)C1.Cl. The Morgan fingerprint density at radius 3 is 2.78 bits per heavy atom. The molecule has 0 amide bonds. The Bertz CT molecular complexity index is 617. The highest BCUT2D eigenvalue weighted by Crippen LogP contribution is 2.25. The summed E-state index contributed by atoms with van der Waals surface area (Å²) in [5, 5.41) is 0. The molecule has 2 heterocycles. The van der Waals surface area contributed by atoms with Gasteiger partial charge >= 0.3 is 0 Å². The molecule has 6 heteroatoms. The topological polar surface area (TPSA) is 55.3 Å². The second kappa shape index (κ2) is 7.90. The van der Waals surface area contributed by atoms with Crippen LogP contribution in [-0.4, -0.2) is 29.0 Å². The number of hydrogen-bond donors (Lipinski definition) is 1. The quantitative estimate of drug-likeness (QED) is 0.926. The lowest BCUT2D eigenvalue weighted by Crippen LogP contribution is -2.45. The standard InChI is InChI=1S/C17H22FN3O.ClH/c1-12-6-7-21(16(8-12)9-19)10-15-11-22-17(20-15)13-2-4-14(18)5-3-13;/h2-5,11-12,16H,6-10,19H2,1H3;1H. The third-order valence-corrected chi connectivity index (χ3v) is 4.38. The molecule has 0 bridgehead atoms. The zero-order valence-corrected chi connectivity index (χ0v) is 14.1. The predicted molar refractivity (Wildman–Crippen MR) is 90.8 cm³/mol. The van der Waals surface area contributed by atoms with Crippen molar-refractivity contribution >= 4 is 12.4 Å². The number of benzene rings is 1. The molecule has 1 aliphatic rings. The monoisotopic (exact) mass is 339 g/mol. The van der Waals surface area contributed by atoms with E-state index in [4.69, 9.17) is 10.2 Å². The van der Waals surface area contributed by atoms with Crippen molar-refractivity contribution in [2.75, 3.05) is 13.1 Å². The van der Waals surface area contributed by atoms with Crippen molar-refractivity contribution in [2.45, 2.75) is 32.4 Å². The van der Waals surface area contributed by atoms with Gasteiger partial charge in [0.2, 0.25) is 5.89 Å². The van der Waals surface area contributed by atoms with Gasteiger partial charge < -0.3 is 10.2 Å². The highest BCUT2D eigenvalue weighted by molar-refractivity contribution is 5.85. The highest BCUT2D eigenvalue weighted by Gasteiger charge is 2.26. The van der Waals surface area contributed by atoms with E-state index in [9.17, 15) is 4.39 Å². The molecule has 2 unspecified atom stereocenters. The van der Waals surface area contributed by atoms with Crippen LogP contribution < -0.4 is 5.73 Å². The molecular weight excluding hydrogens is 317 g/mol. The van der Waals surface area contributed by atoms with Crippen LogP contribution in [-0.2, 0) is 6.54 Å². The van der Waals surface area contributed by atoms with Crippen molar-refractivity contribution in [3.63, 3.8) is 0 Å². The number of rotatable bonds is 4. The van der Waals surface area contributed by atoms with Gasteiger partial charge in [0.15, 0.2) is 0 Å². The predicted octanol–water partition coefficient (Wildman–Crippen LogP) is 3.46. The summed E-state index contributed by atoms with van der Waals surface area (Å²) < 4.78 is 18.5. The molecular formula is C17H23ClFN3O. The number of halogens is 2. The molecule has 0 aliphatic carbocycles. The van der Waals surface area contributed by atoms with Crippen LogP contribution in [0.25, 0.3) is 11.5 Å². The molecule has 1 aromatic heterocycles. The normalized spacial score (nSPS) is 21.9. The van der Waals surface area contributed by atoms with Crippen LogP contribution in [0.2, 0.25) is 0 Å². The first-order chi connectivity index (χ1) is 10.7. The molecule has 0 radical (unpaired) electrons. The van der Waals surface area contributed by atoms with Crippen LogP contribution in [0.3, 0.4) is 0 Å². The van der Waals surface area contributed by atoms with Crippen molar-refractivity contribution in [3.05, 3.63) is 42.0 Å². The first-order valence-electron chi connectivity index (χ1n) is 7.80. The molecule has 1 fully saturated rings. The van der Waals surface area contributed by atoms with Crippen LogP contribution in [0.4, 0.5) is 4.39 Å². The van der Waals surface area contributed by atoms with E-state index in [1.807, 2.05) is 0 Å². The van der Waals surface area contributed by atoms with Gasteiger partial charge in [-0.15, -0.1) is 12.4 Å². The third kappa shape index (κ3) is 4.31. The van der Waals surface area contributed by atoms with E-state index >= 15 is 0 Å². The Balaban J connectivity index is 0.00000192. The first kappa shape index (κ1) is 17.9. The zero-order chi connectivity index (χ0) is 15.5. The van der Waals surface area contributed by atoms with E-state index in [1.165, 1.54) is 18.6 Å². The van der Waals surface area contributed by atoms with Crippen molar-refractivity contribution < 1.29 is 8.81 Å². The van der Waals surface area contributed by atoms with Crippen LogP contribution in [0, 0.1) is 11.7 Å². The minimum absolute atomic E-state index is 0. The van der Waals surface area contributed by atoms with Crippen LogP contribution in [0.15, 0.2) is 34.9 Å². The molecule has 4 nitrogen and oxygen atoms in total. The van der Waals surface area contributed by atoms with Gasteiger partial charge in [0.25, 0.3) is 0 Å². The Labute approximate surface area is 142 Å². The number of aromatic nitrogens is 1. The molecule has 2 N–H and O–H groups in total. The average Bonchev–Trinajstić information content (AvgIpc) is 2.98. The van der Waals surface area contributed by atoms with E-state index in [0.29, 0.717) is 18.5 Å². The van der Waals surface area contributed by atoms with Gasteiger partial charge in [-0.25, -0.2) is 9.37 Å². The van der Waals surface area contributed by atoms with E-state index in [0.717, 1.165) is 36.7 Å². The Kier molecular flexibility index (Phi) is 6.16. The van der Waals surface area contributed by atoms with Gasteiger partial charge in [-0.05, 0) is 49.6 Å². The second-order valence-corrected chi connectivity index (χ2v) is 6.14. The zero-order valence-electron chi connectivity index (χ0n) is 13.2. The molecule has 2 aromatic rings. The lowest BCUT2D eigenvalue weighted by atomic mass is 9.92. The number of hydrogen-bond acceptors (Lipinski definition) is 4. The van der Waals surface area contributed by atoms with Gasteiger partial charge in [-0.3, -0.25) is 4.90 Å². The first-order valence-corrected chi connectivity index (χ1v) is 7.80. The summed E-state index contributed by atoms with van der Waals surface area (Å²) in [5.41, 5.74) is 7.58. The largest absolute Gasteiger partial charge is 0.444 e. The van der Waals surface area contributed by atoms with Gasteiger partial charge in [0, 0.05) is 24.7 Å². The average molecular weight is 340 g/mol. The molecule has 0 spiro atoms. The van der Waals surface area contributed by atoms with E-state index in [1.54, 1.807) is 18.4 Å². The Morgan fingerprint density at radius 1 is 1.35 bits per heavy atom. The van der Waals surface area contributed by atoms with E-state index in [-0.39, 0.29) is 18.2 Å². The molecule has 1 aromatic carbocycles. The number of likely N-dealkylation sites (tertiary alicyclic amines) is 1. The molecule has 126 valence electrons. The Hall–Kier alpha value is -1.43. The number of oxazole rings is 1. The van der Waals surface area contributed by atoms with E-state index < -0.39 is 0 Å². The fourth-order valence-electron chi connectivity index (χ4n) is 3.07. The van der Waals surface area contributed by atoms with Gasteiger partial charge in [-0.1, -0.05) is 6.92 Å².